The van der Waals surface area contributed by atoms with Gasteiger partial charge in [-0.1, -0.05) is 11.6 Å². The highest BCUT2D eigenvalue weighted by molar-refractivity contribution is 6.31. The zero-order valence-electron chi connectivity index (χ0n) is 6.88. The number of halogens is 2. The van der Waals surface area contributed by atoms with Gasteiger partial charge in [0.15, 0.2) is 0 Å². The van der Waals surface area contributed by atoms with Gasteiger partial charge in [0.1, 0.15) is 5.82 Å². The van der Waals surface area contributed by atoms with Crippen LogP contribution in [-0.2, 0) is 16.0 Å². The van der Waals surface area contributed by atoms with E-state index in [9.17, 15) is 9.18 Å². The summed E-state index contributed by atoms with van der Waals surface area (Å²) in [6.07, 6.45) is 1.13. The summed E-state index contributed by atoms with van der Waals surface area (Å²) in [6.45, 7) is 0. The maximum Gasteiger partial charge on any atom is 0.311 e. The van der Waals surface area contributed by atoms with Gasteiger partial charge in [-0.15, -0.1) is 0 Å². The SMILES string of the molecule is COC(=O)Cc1nccc(F)c1Cl. The van der Waals surface area contributed by atoms with Gasteiger partial charge >= 0.3 is 5.97 Å². The van der Waals surface area contributed by atoms with Crippen LogP contribution in [0.15, 0.2) is 12.3 Å². The summed E-state index contributed by atoms with van der Waals surface area (Å²) in [7, 11) is 1.25. The average molecular weight is 204 g/mol. The Labute approximate surface area is 79.5 Å². The van der Waals surface area contributed by atoms with E-state index in [1.54, 1.807) is 0 Å². The third kappa shape index (κ3) is 2.39. The van der Waals surface area contributed by atoms with Crippen molar-refractivity contribution in [1.29, 1.82) is 0 Å². The molecule has 0 aliphatic rings. The second-order valence-corrected chi connectivity index (χ2v) is 2.68. The third-order valence-electron chi connectivity index (χ3n) is 1.45. The lowest BCUT2D eigenvalue weighted by Gasteiger charge is -2.01. The molecule has 3 nitrogen and oxygen atoms in total. The van der Waals surface area contributed by atoms with Crippen molar-refractivity contribution >= 4 is 17.6 Å². The molecule has 5 heteroatoms. The highest BCUT2D eigenvalue weighted by Crippen LogP contribution is 2.17. The van der Waals surface area contributed by atoms with Crippen LogP contribution in [0, 0.1) is 5.82 Å². The summed E-state index contributed by atoms with van der Waals surface area (Å²) >= 11 is 5.55. The maximum absolute atomic E-state index is 12.8. The van der Waals surface area contributed by atoms with Crippen LogP contribution >= 0.6 is 11.6 Å². The molecule has 0 spiro atoms. The molecule has 70 valence electrons. The highest BCUT2D eigenvalue weighted by Gasteiger charge is 2.11. The number of aromatic nitrogens is 1. The number of hydrogen-bond donors (Lipinski definition) is 0. The molecule has 13 heavy (non-hydrogen) atoms. The predicted molar refractivity (Wildman–Crippen MR) is 44.9 cm³/mol. The van der Waals surface area contributed by atoms with Crippen LogP contribution in [0.25, 0.3) is 0 Å². The van der Waals surface area contributed by atoms with E-state index in [1.165, 1.54) is 13.3 Å². The molecule has 0 fully saturated rings. The number of esters is 1. The quantitative estimate of drug-likeness (QED) is 0.686. The molecule has 0 unspecified atom stereocenters. The van der Waals surface area contributed by atoms with Crippen LogP contribution in [0.3, 0.4) is 0 Å². The number of carbonyl (C=O) groups is 1. The van der Waals surface area contributed by atoms with E-state index in [4.69, 9.17) is 11.6 Å². The van der Waals surface area contributed by atoms with Gasteiger partial charge < -0.3 is 4.74 Å². The molecule has 0 N–H and O–H groups in total. The molecule has 1 aromatic heterocycles. The predicted octanol–water partition coefficient (Wildman–Crippen LogP) is 1.59. The normalized spacial score (nSPS) is 9.77. The minimum absolute atomic E-state index is 0.118. The van der Waals surface area contributed by atoms with Crippen molar-refractivity contribution in [3.8, 4) is 0 Å². The monoisotopic (exact) mass is 203 g/mol. The summed E-state index contributed by atoms with van der Waals surface area (Å²) in [4.78, 5) is 14.6. The number of ether oxygens (including phenoxy) is 1. The van der Waals surface area contributed by atoms with E-state index in [2.05, 4.69) is 9.72 Å². The van der Waals surface area contributed by atoms with Gasteiger partial charge in [0.05, 0.1) is 24.2 Å². The first-order valence-corrected chi connectivity index (χ1v) is 3.88. The van der Waals surface area contributed by atoms with Crippen LogP contribution < -0.4 is 0 Å². The van der Waals surface area contributed by atoms with Crippen LogP contribution in [0.1, 0.15) is 5.69 Å². The van der Waals surface area contributed by atoms with E-state index < -0.39 is 11.8 Å². The highest BCUT2D eigenvalue weighted by atomic mass is 35.5. The Morgan fingerprint density at radius 1 is 1.77 bits per heavy atom. The van der Waals surface area contributed by atoms with Crippen molar-refractivity contribution in [3.63, 3.8) is 0 Å². The summed E-state index contributed by atoms with van der Waals surface area (Å²) in [5, 5.41) is -0.132. The lowest BCUT2D eigenvalue weighted by molar-refractivity contribution is -0.139. The minimum Gasteiger partial charge on any atom is -0.469 e. The van der Waals surface area contributed by atoms with E-state index in [0.717, 1.165) is 6.07 Å². The van der Waals surface area contributed by atoms with Gasteiger partial charge in [0.25, 0.3) is 0 Å². The van der Waals surface area contributed by atoms with Crippen molar-refractivity contribution < 1.29 is 13.9 Å². The Morgan fingerprint density at radius 2 is 2.46 bits per heavy atom. The Balaban J connectivity index is 2.89. The van der Waals surface area contributed by atoms with Crippen LogP contribution in [0.5, 0.6) is 0 Å². The zero-order valence-corrected chi connectivity index (χ0v) is 7.64. The number of carbonyl (C=O) groups excluding carboxylic acids is 1. The van der Waals surface area contributed by atoms with Crippen LogP contribution in [0.4, 0.5) is 4.39 Å². The van der Waals surface area contributed by atoms with Crippen LogP contribution in [-0.4, -0.2) is 18.1 Å². The Kier molecular flexibility index (Phi) is 3.19. The lowest BCUT2D eigenvalue weighted by Crippen LogP contribution is -2.07. The van der Waals surface area contributed by atoms with Crippen molar-refractivity contribution in [2.75, 3.05) is 7.11 Å². The minimum atomic E-state index is -0.587. The first kappa shape index (κ1) is 9.92. The molecule has 0 atom stereocenters. The third-order valence-corrected chi connectivity index (χ3v) is 1.85. The summed E-state index contributed by atoms with van der Waals surface area (Å²) in [5.41, 5.74) is 0.188. The fourth-order valence-corrected chi connectivity index (χ4v) is 0.971. The fraction of sp³-hybridized carbons (Fsp3) is 0.250. The van der Waals surface area contributed by atoms with Gasteiger partial charge in [0.2, 0.25) is 0 Å². The van der Waals surface area contributed by atoms with Crippen molar-refractivity contribution in [3.05, 3.63) is 28.8 Å². The topological polar surface area (TPSA) is 39.2 Å². The van der Waals surface area contributed by atoms with Crippen molar-refractivity contribution in [2.24, 2.45) is 0 Å². The molecule has 0 aliphatic heterocycles. The smallest absolute Gasteiger partial charge is 0.311 e. The molecule has 1 heterocycles. The van der Waals surface area contributed by atoms with E-state index in [0.29, 0.717) is 0 Å². The molecule has 0 amide bonds. The van der Waals surface area contributed by atoms with Gasteiger partial charge in [-0.3, -0.25) is 9.78 Å². The molecule has 0 saturated carbocycles. The molecule has 1 aromatic rings. The summed E-state index contributed by atoms with van der Waals surface area (Å²) in [6, 6.07) is 1.13. The zero-order chi connectivity index (χ0) is 9.84. The van der Waals surface area contributed by atoms with Crippen molar-refractivity contribution in [2.45, 2.75) is 6.42 Å². The summed E-state index contributed by atoms with van der Waals surface area (Å²) in [5.74, 6) is -1.09. The second kappa shape index (κ2) is 4.18. The number of nitrogens with zero attached hydrogens (tertiary/aromatic N) is 1. The molecular weight excluding hydrogens is 197 g/mol. The van der Waals surface area contributed by atoms with E-state index in [1.807, 2.05) is 0 Å². The van der Waals surface area contributed by atoms with Gasteiger partial charge in [-0.05, 0) is 6.07 Å². The number of hydrogen-bond acceptors (Lipinski definition) is 3. The van der Waals surface area contributed by atoms with Gasteiger partial charge in [-0.2, -0.15) is 0 Å². The molecule has 0 aliphatic carbocycles. The largest absolute Gasteiger partial charge is 0.469 e. The molecule has 0 bridgehead atoms. The van der Waals surface area contributed by atoms with Gasteiger partial charge in [0, 0.05) is 6.20 Å². The van der Waals surface area contributed by atoms with E-state index >= 15 is 0 Å². The molecular formula is C8H7ClFNO2. The lowest BCUT2D eigenvalue weighted by atomic mass is 10.2. The standard InChI is InChI=1S/C8H7ClFNO2/c1-13-7(12)4-6-8(9)5(10)2-3-11-6/h2-3H,4H2,1H3. The molecule has 1 rings (SSSR count). The Morgan fingerprint density at radius 3 is 3.08 bits per heavy atom. The summed E-state index contributed by atoms with van der Waals surface area (Å²) < 4.78 is 17.2. The molecule has 0 radical (unpaired) electrons. The van der Waals surface area contributed by atoms with Crippen LogP contribution in [0.2, 0.25) is 5.02 Å². The first-order chi connectivity index (χ1) is 6.15. The fourth-order valence-electron chi connectivity index (χ4n) is 0.792. The van der Waals surface area contributed by atoms with Crippen molar-refractivity contribution in [1.82, 2.24) is 4.98 Å². The van der Waals surface area contributed by atoms with Gasteiger partial charge in [-0.25, -0.2) is 4.39 Å². The molecule has 0 aromatic carbocycles. The second-order valence-electron chi connectivity index (χ2n) is 2.31. The average Bonchev–Trinajstić information content (AvgIpc) is 2.13. The van der Waals surface area contributed by atoms with E-state index in [-0.39, 0.29) is 17.1 Å². The number of methoxy groups -OCH3 is 1. The number of rotatable bonds is 2. The number of pyridine rings is 1. The first-order valence-electron chi connectivity index (χ1n) is 3.51. The Hall–Kier alpha value is -1.16. The Bertz CT molecular complexity index is 330. The molecule has 0 saturated heterocycles. The maximum atomic E-state index is 12.8.